The summed E-state index contributed by atoms with van der Waals surface area (Å²) in [5.74, 6) is -0.887. The number of nitrogens with zero attached hydrogens (tertiary/aromatic N) is 1. The number of thioether (sulfide) groups is 1. The SMILES string of the molecule is C=C(C)c1c(SC)oc(C#N)c1F. The van der Waals surface area contributed by atoms with Crippen LogP contribution in [-0.2, 0) is 0 Å². The molecule has 1 rings (SSSR count). The zero-order valence-electron chi connectivity index (χ0n) is 7.35. The Morgan fingerprint density at radius 3 is 2.62 bits per heavy atom. The molecule has 4 heteroatoms. The van der Waals surface area contributed by atoms with Crippen LogP contribution in [0.15, 0.2) is 16.1 Å². The standard InChI is InChI=1S/C9H8FNOS/c1-5(2)7-8(10)6(4-11)12-9(7)13-3/h1H2,2-3H3. The van der Waals surface area contributed by atoms with Crippen molar-refractivity contribution in [1.29, 1.82) is 5.26 Å². The first-order valence-electron chi connectivity index (χ1n) is 3.54. The lowest BCUT2D eigenvalue weighted by atomic mass is 10.2. The number of hydrogen-bond donors (Lipinski definition) is 0. The summed E-state index contributed by atoms with van der Waals surface area (Å²) in [4.78, 5) is 0. The minimum Gasteiger partial charge on any atom is -0.435 e. The molecule has 0 atom stereocenters. The summed E-state index contributed by atoms with van der Waals surface area (Å²) in [7, 11) is 0. The van der Waals surface area contributed by atoms with E-state index in [-0.39, 0.29) is 5.76 Å². The predicted octanol–water partition coefficient (Wildman–Crippen LogP) is 3.05. The van der Waals surface area contributed by atoms with Gasteiger partial charge in [-0.1, -0.05) is 18.3 Å². The number of allylic oxidation sites excluding steroid dienone is 1. The number of hydrogen-bond acceptors (Lipinski definition) is 3. The quantitative estimate of drug-likeness (QED) is 0.684. The van der Waals surface area contributed by atoms with Gasteiger partial charge in [0.05, 0.1) is 5.56 Å². The number of furan rings is 1. The molecule has 0 radical (unpaired) electrons. The maximum atomic E-state index is 13.3. The van der Waals surface area contributed by atoms with Crippen molar-refractivity contribution < 1.29 is 8.81 Å². The van der Waals surface area contributed by atoms with E-state index < -0.39 is 5.82 Å². The third kappa shape index (κ3) is 1.61. The van der Waals surface area contributed by atoms with Crippen LogP contribution in [0.3, 0.4) is 0 Å². The van der Waals surface area contributed by atoms with Gasteiger partial charge in [0.2, 0.25) is 5.76 Å². The van der Waals surface area contributed by atoms with E-state index in [4.69, 9.17) is 9.68 Å². The summed E-state index contributed by atoms with van der Waals surface area (Å²) >= 11 is 1.26. The Labute approximate surface area is 80.0 Å². The summed E-state index contributed by atoms with van der Waals surface area (Å²) in [5.41, 5.74) is 0.871. The highest BCUT2D eigenvalue weighted by molar-refractivity contribution is 7.98. The molecule has 0 N–H and O–H groups in total. The van der Waals surface area contributed by atoms with Crippen LogP contribution in [-0.4, -0.2) is 6.26 Å². The van der Waals surface area contributed by atoms with Crippen molar-refractivity contribution in [3.63, 3.8) is 0 Å². The largest absolute Gasteiger partial charge is 0.435 e. The van der Waals surface area contributed by atoms with E-state index >= 15 is 0 Å². The number of nitriles is 1. The highest BCUT2D eigenvalue weighted by atomic mass is 32.2. The van der Waals surface area contributed by atoms with Gasteiger partial charge in [-0.15, -0.1) is 0 Å². The van der Waals surface area contributed by atoms with Gasteiger partial charge in [0.1, 0.15) is 6.07 Å². The van der Waals surface area contributed by atoms with E-state index in [1.54, 1.807) is 19.2 Å². The molecule has 0 aliphatic rings. The molecule has 1 aromatic heterocycles. The van der Waals surface area contributed by atoms with Gasteiger partial charge in [-0.3, -0.25) is 0 Å². The van der Waals surface area contributed by atoms with Crippen LogP contribution >= 0.6 is 11.8 Å². The van der Waals surface area contributed by atoms with Gasteiger partial charge in [-0.2, -0.15) is 5.26 Å². The highest BCUT2D eigenvalue weighted by Crippen LogP contribution is 2.32. The van der Waals surface area contributed by atoms with Crippen molar-refractivity contribution in [2.24, 2.45) is 0 Å². The van der Waals surface area contributed by atoms with Crippen molar-refractivity contribution in [2.75, 3.05) is 6.26 Å². The van der Waals surface area contributed by atoms with Gasteiger partial charge in [0.15, 0.2) is 10.9 Å². The monoisotopic (exact) mass is 197 g/mol. The predicted molar refractivity (Wildman–Crippen MR) is 49.9 cm³/mol. The van der Waals surface area contributed by atoms with Crippen molar-refractivity contribution in [3.05, 3.63) is 23.7 Å². The second-order valence-electron chi connectivity index (χ2n) is 2.50. The number of halogens is 1. The maximum Gasteiger partial charge on any atom is 0.241 e. The summed E-state index contributed by atoms with van der Waals surface area (Å²) < 4.78 is 18.3. The lowest BCUT2D eigenvalue weighted by molar-refractivity contribution is 0.450. The van der Waals surface area contributed by atoms with E-state index in [2.05, 4.69) is 6.58 Å². The summed E-state index contributed by atoms with van der Waals surface area (Å²) in [6.45, 7) is 5.30. The van der Waals surface area contributed by atoms with Gasteiger partial charge in [0.25, 0.3) is 0 Å². The van der Waals surface area contributed by atoms with Gasteiger partial charge in [-0.25, -0.2) is 4.39 Å². The topological polar surface area (TPSA) is 36.9 Å². The van der Waals surface area contributed by atoms with E-state index in [0.29, 0.717) is 16.2 Å². The molecular weight excluding hydrogens is 189 g/mol. The van der Waals surface area contributed by atoms with Crippen molar-refractivity contribution in [2.45, 2.75) is 12.0 Å². The molecule has 0 aromatic carbocycles. The van der Waals surface area contributed by atoms with E-state index in [0.717, 1.165) is 0 Å². The van der Waals surface area contributed by atoms with Crippen LogP contribution in [0.2, 0.25) is 0 Å². The first-order valence-corrected chi connectivity index (χ1v) is 4.76. The first kappa shape index (κ1) is 9.87. The van der Waals surface area contributed by atoms with Crippen LogP contribution in [0.1, 0.15) is 18.2 Å². The summed E-state index contributed by atoms with van der Waals surface area (Å²) in [6.07, 6.45) is 1.76. The smallest absolute Gasteiger partial charge is 0.241 e. The first-order chi connectivity index (χ1) is 6.11. The molecule has 0 saturated heterocycles. The second-order valence-corrected chi connectivity index (χ2v) is 3.28. The third-order valence-corrected chi connectivity index (χ3v) is 2.19. The highest BCUT2D eigenvalue weighted by Gasteiger charge is 2.19. The van der Waals surface area contributed by atoms with Crippen molar-refractivity contribution in [1.82, 2.24) is 0 Å². The minimum atomic E-state index is -0.612. The number of rotatable bonds is 2. The molecule has 0 fully saturated rings. The van der Waals surface area contributed by atoms with Gasteiger partial charge < -0.3 is 4.42 Å². The Bertz CT molecular complexity index is 389. The fourth-order valence-electron chi connectivity index (χ4n) is 0.969. The second kappa shape index (κ2) is 3.67. The molecule has 2 nitrogen and oxygen atoms in total. The Hall–Kier alpha value is -1.21. The van der Waals surface area contributed by atoms with Crippen LogP contribution in [0.25, 0.3) is 5.57 Å². The van der Waals surface area contributed by atoms with Gasteiger partial charge in [0, 0.05) is 0 Å². The van der Waals surface area contributed by atoms with E-state index in [1.807, 2.05) is 0 Å². The normalized spacial score (nSPS) is 9.69. The fraction of sp³-hybridized carbons (Fsp3) is 0.222. The zero-order chi connectivity index (χ0) is 10.0. The lowest BCUT2D eigenvalue weighted by Crippen LogP contribution is -1.82. The Balaban J connectivity index is 3.39. The zero-order valence-corrected chi connectivity index (χ0v) is 8.17. The maximum absolute atomic E-state index is 13.3. The van der Waals surface area contributed by atoms with E-state index in [1.165, 1.54) is 11.8 Å². The Morgan fingerprint density at radius 2 is 2.31 bits per heavy atom. The third-order valence-electron chi connectivity index (χ3n) is 1.53. The molecule has 0 amide bonds. The molecule has 1 heterocycles. The molecule has 0 spiro atoms. The molecule has 13 heavy (non-hydrogen) atoms. The molecule has 68 valence electrons. The summed E-state index contributed by atoms with van der Waals surface area (Å²) in [6, 6.07) is 1.65. The minimum absolute atomic E-state index is 0.276. The van der Waals surface area contributed by atoms with Gasteiger partial charge >= 0.3 is 0 Å². The molecule has 0 unspecified atom stereocenters. The fourth-order valence-corrected chi connectivity index (χ4v) is 1.60. The van der Waals surface area contributed by atoms with Crippen molar-refractivity contribution in [3.8, 4) is 6.07 Å². The Kier molecular flexibility index (Phi) is 2.79. The van der Waals surface area contributed by atoms with Crippen LogP contribution in [0.5, 0.6) is 0 Å². The molecular formula is C9H8FNOS. The molecule has 0 bridgehead atoms. The van der Waals surface area contributed by atoms with Gasteiger partial charge in [-0.05, 0) is 18.8 Å². The van der Waals surface area contributed by atoms with Crippen LogP contribution in [0.4, 0.5) is 4.39 Å². The molecule has 0 saturated carbocycles. The Morgan fingerprint density at radius 1 is 1.69 bits per heavy atom. The van der Waals surface area contributed by atoms with Crippen molar-refractivity contribution >= 4 is 17.3 Å². The molecule has 0 aliphatic heterocycles. The summed E-state index contributed by atoms with van der Waals surface area (Å²) in [5, 5.41) is 8.92. The van der Waals surface area contributed by atoms with Crippen LogP contribution < -0.4 is 0 Å². The lowest BCUT2D eigenvalue weighted by Gasteiger charge is -1.95. The average molecular weight is 197 g/mol. The molecule has 0 aliphatic carbocycles. The van der Waals surface area contributed by atoms with Crippen LogP contribution in [0, 0.1) is 17.1 Å². The molecule has 1 aromatic rings. The van der Waals surface area contributed by atoms with E-state index in [9.17, 15) is 4.39 Å². The average Bonchev–Trinajstić information content (AvgIpc) is 2.41.